The Morgan fingerprint density at radius 1 is 0.724 bits per heavy atom. The van der Waals surface area contributed by atoms with Crippen molar-refractivity contribution in [3.8, 4) is 0 Å². The number of nitrogens with one attached hydrogen (secondary N) is 2. The predicted molar refractivity (Wildman–Crippen MR) is 122 cm³/mol. The van der Waals surface area contributed by atoms with E-state index < -0.39 is 10.0 Å². The number of halogens is 2. The summed E-state index contributed by atoms with van der Waals surface area (Å²) < 4.78 is 29.9. The minimum absolute atomic E-state index is 0.113. The van der Waals surface area contributed by atoms with Crippen LogP contribution in [0.4, 0.5) is 17.3 Å². The molecule has 0 atom stereocenters. The minimum Gasteiger partial charge on any atom is -0.336 e. The average molecular weight is 534 g/mol. The van der Waals surface area contributed by atoms with Gasteiger partial charge in [0.2, 0.25) is 0 Å². The third-order valence-electron chi connectivity index (χ3n) is 4.05. The molecule has 0 spiro atoms. The molecule has 0 aliphatic rings. The van der Waals surface area contributed by atoms with E-state index in [9.17, 15) is 8.42 Å². The highest BCUT2D eigenvalue weighted by Crippen LogP contribution is 2.30. The highest BCUT2D eigenvalue weighted by molar-refractivity contribution is 9.10. The molecular formula is C20H14Br2N4O2S. The van der Waals surface area contributed by atoms with Gasteiger partial charge in [-0.3, -0.25) is 4.72 Å². The van der Waals surface area contributed by atoms with Crippen molar-refractivity contribution in [3.05, 3.63) is 81.7 Å². The number of nitrogens with zero attached hydrogens (tertiary/aromatic N) is 2. The van der Waals surface area contributed by atoms with Gasteiger partial charge in [0.25, 0.3) is 10.0 Å². The summed E-state index contributed by atoms with van der Waals surface area (Å²) >= 11 is 6.79. The van der Waals surface area contributed by atoms with E-state index in [1.165, 1.54) is 12.1 Å². The number of hydrogen-bond donors (Lipinski definition) is 2. The van der Waals surface area contributed by atoms with Crippen LogP contribution in [0.15, 0.2) is 86.6 Å². The molecule has 3 aromatic carbocycles. The number of benzene rings is 3. The summed E-state index contributed by atoms with van der Waals surface area (Å²) in [5, 5.41) is 3.16. The van der Waals surface area contributed by atoms with Crippen molar-refractivity contribution >= 4 is 70.2 Å². The molecule has 146 valence electrons. The quantitative estimate of drug-likeness (QED) is 0.344. The lowest BCUT2D eigenvalue weighted by atomic mass is 10.3. The first-order chi connectivity index (χ1) is 13.9. The van der Waals surface area contributed by atoms with E-state index in [2.05, 4.69) is 51.9 Å². The lowest BCUT2D eigenvalue weighted by Gasteiger charge is -2.14. The van der Waals surface area contributed by atoms with Crippen LogP contribution < -0.4 is 10.0 Å². The van der Waals surface area contributed by atoms with Gasteiger partial charge >= 0.3 is 0 Å². The molecule has 29 heavy (non-hydrogen) atoms. The highest BCUT2D eigenvalue weighted by Gasteiger charge is 2.19. The third kappa shape index (κ3) is 4.42. The van der Waals surface area contributed by atoms with Gasteiger partial charge in [0.05, 0.1) is 21.6 Å². The maximum atomic E-state index is 12.9. The zero-order valence-corrected chi connectivity index (χ0v) is 18.8. The standard InChI is InChI=1S/C20H14Br2N4O2S/c21-13-9-11-14(12-10-13)29(27,28)26-20-19(23-16-6-2-1-5-15(16)22)24-17-7-3-4-8-18(17)25-20/h1-12H,(H,23,24)(H,25,26). The molecule has 4 aromatic rings. The van der Waals surface area contributed by atoms with Gasteiger partial charge in [0.1, 0.15) is 0 Å². The molecule has 1 aromatic heterocycles. The summed E-state index contributed by atoms with van der Waals surface area (Å²) in [6.45, 7) is 0. The number of rotatable bonds is 5. The molecule has 0 aliphatic carbocycles. The average Bonchev–Trinajstić information content (AvgIpc) is 2.70. The zero-order chi connectivity index (χ0) is 20.4. The van der Waals surface area contributed by atoms with Crippen LogP contribution in [-0.2, 0) is 10.0 Å². The van der Waals surface area contributed by atoms with Crippen molar-refractivity contribution in [1.29, 1.82) is 0 Å². The number of anilines is 3. The van der Waals surface area contributed by atoms with Gasteiger partial charge in [-0.05, 0) is 64.5 Å². The summed E-state index contributed by atoms with van der Waals surface area (Å²) in [6, 6.07) is 21.1. The molecule has 0 saturated carbocycles. The fourth-order valence-electron chi connectivity index (χ4n) is 2.65. The molecular weight excluding hydrogens is 520 g/mol. The van der Waals surface area contributed by atoms with Crippen molar-refractivity contribution in [1.82, 2.24) is 9.97 Å². The molecule has 6 nitrogen and oxygen atoms in total. The van der Waals surface area contributed by atoms with Crippen molar-refractivity contribution in [2.75, 3.05) is 10.0 Å². The van der Waals surface area contributed by atoms with Crippen LogP contribution in [0.3, 0.4) is 0 Å². The van der Waals surface area contributed by atoms with E-state index in [1.807, 2.05) is 42.5 Å². The molecule has 0 fully saturated rings. The van der Waals surface area contributed by atoms with Crippen LogP contribution in [0, 0.1) is 0 Å². The van der Waals surface area contributed by atoms with Gasteiger partial charge in [-0.15, -0.1) is 0 Å². The Morgan fingerprint density at radius 2 is 1.31 bits per heavy atom. The van der Waals surface area contributed by atoms with Crippen molar-refractivity contribution in [2.24, 2.45) is 0 Å². The molecule has 0 aliphatic heterocycles. The van der Waals surface area contributed by atoms with Crippen LogP contribution in [0.5, 0.6) is 0 Å². The topological polar surface area (TPSA) is 84.0 Å². The van der Waals surface area contributed by atoms with Gasteiger partial charge < -0.3 is 5.32 Å². The third-order valence-corrected chi connectivity index (χ3v) is 6.63. The Bertz CT molecular complexity index is 1300. The molecule has 2 N–H and O–H groups in total. The number of fused-ring (bicyclic) bond motifs is 1. The molecule has 0 saturated heterocycles. The Balaban J connectivity index is 1.79. The fourth-order valence-corrected chi connectivity index (χ4v) is 4.31. The Labute approximate surface area is 184 Å². The van der Waals surface area contributed by atoms with Crippen molar-refractivity contribution in [3.63, 3.8) is 0 Å². The fraction of sp³-hybridized carbons (Fsp3) is 0. The molecule has 0 unspecified atom stereocenters. The largest absolute Gasteiger partial charge is 0.336 e. The molecule has 0 bridgehead atoms. The van der Waals surface area contributed by atoms with E-state index in [-0.39, 0.29) is 10.7 Å². The van der Waals surface area contributed by atoms with Gasteiger partial charge in [-0.25, -0.2) is 18.4 Å². The number of sulfonamides is 1. The predicted octanol–water partition coefficient (Wildman–Crippen LogP) is 5.70. The second-order valence-electron chi connectivity index (χ2n) is 6.07. The Hall–Kier alpha value is -2.49. The smallest absolute Gasteiger partial charge is 0.263 e. The summed E-state index contributed by atoms with van der Waals surface area (Å²) in [5.74, 6) is 0.415. The highest BCUT2D eigenvalue weighted by atomic mass is 79.9. The van der Waals surface area contributed by atoms with Crippen LogP contribution in [0.25, 0.3) is 11.0 Å². The summed E-state index contributed by atoms with van der Waals surface area (Å²) in [6.07, 6.45) is 0. The Kier molecular flexibility index (Phi) is 5.53. The van der Waals surface area contributed by atoms with E-state index in [1.54, 1.807) is 18.2 Å². The summed E-state index contributed by atoms with van der Waals surface area (Å²) in [7, 11) is -3.85. The molecule has 9 heteroatoms. The molecule has 4 rings (SSSR count). The first kappa shape index (κ1) is 19.8. The lowest BCUT2D eigenvalue weighted by Crippen LogP contribution is -2.16. The second kappa shape index (κ2) is 8.10. The van der Waals surface area contributed by atoms with E-state index in [4.69, 9.17) is 0 Å². The van der Waals surface area contributed by atoms with Gasteiger partial charge in [-0.1, -0.05) is 40.2 Å². The number of para-hydroxylation sites is 3. The van der Waals surface area contributed by atoms with Gasteiger partial charge in [0.15, 0.2) is 11.6 Å². The first-order valence-electron chi connectivity index (χ1n) is 8.49. The Morgan fingerprint density at radius 3 is 1.97 bits per heavy atom. The minimum atomic E-state index is -3.85. The van der Waals surface area contributed by atoms with Crippen LogP contribution in [0.1, 0.15) is 0 Å². The van der Waals surface area contributed by atoms with E-state index >= 15 is 0 Å². The van der Waals surface area contributed by atoms with Gasteiger partial charge in [-0.2, -0.15) is 0 Å². The maximum absolute atomic E-state index is 12.9. The van der Waals surface area contributed by atoms with Gasteiger partial charge in [0, 0.05) is 8.95 Å². The number of aromatic nitrogens is 2. The van der Waals surface area contributed by atoms with Crippen molar-refractivity contribution < 1.29 is 8.42 Å². The molecule has 0 radical (unpaired) electrons. The first-order valence-corrected chi connectivity index (χ1v) is 11.6. The van der Waals surface area contributed by atoms with Crippen LogP contribution in [0.2, 0.25) is 0 Å². The summed E-state index contributed by atoms with van der Waals surface area (Å²) in [5.41, 5.74) is 1.97. The maximum Gasteiger partial charge on any atom is 0.263 e. The van der Waals surface area contributed by atoms with E-state index in [0.29, 0.717) is 16.9 Å². The summed E-state index contributed by atoms with van der Waals surface area (Å²) in [4.78, 5) is 9.19. The van der Waals surface area contributed by atoms with E-state index in [0.717, 1.165) is 14.6 Å². The number of hydrogen-bond acceptors (Lipinski definition) is 5. The van der Waals surface area contributed by atoms with Crippen LogP contribution in [-0.4, -0.2) is 18.4 Å². The van der Waals surface area contributed by atoms with Crippen molar-refractivity contribution in [2.45, 2.75) is 4.90 Å². The monoisotopic (exact) mass is 532 g/mol. The second-order valence-corrected chi connectivity index (χ2v) is 9.53. The molecule has 1 heterocycles. The SMILES string of the molecule is O=S(=O)(Nc1nc2ccccc2nc1Nc1ccccc1Br)c1ccc(Br)cc1. The molecule has 0 amide bonds. The lowest BCUT2D eigenvalue weighted by molar-refractivity contribution is 0.601. The zero-order valence-electron chi connectivity index (χ0n) is 14.8. The van der Waals surface area contributed by atoms with Crippen LogP contribution >= 0.6 is 31.9 Å². The normalized spacial score (nSPS) is 11.4.